The summed E-state index contributed by atoms with van der Waals surface area (Å²) in [6.07, 6.45) is 2.96. The van der Waals surface area contributed by atoms with E-state index in [1.807, 2.05) is 0 Å². The van der Waals surface area contributed by atoms with E-state index in [0.29, 0.717) is 16.3 Å². The first kappa shape index (κ1) is 18.7. The predicted octanol–water partition coefficient (Wildman–Crippen LogP) is 3.29. The number of esters is 2. The molecule has 0 atom stereocenters. The van der Waals surface area contributed by atoms with Gasteiger partial charge in [-0.15, -0.1) is 0 Å². The average molecular weight is 364 g/mol. The van der Waals surface area contributed by atoms with E-state index in [1.165, 1.54) is 6.20 Å². The van der Waals surface area contributed by atoms with Crippen LogP contribution in [-0.4, -0.2) is 35.7 Å². The van der Waals surface area contributed by atoms with Crippen LogP contribution in [0.5, 0.6) is 5.75 Å². The minimum absolute atomic E-state index is 0.0590. The summed E-state index contributed by atoms with van der Waals surface area (Å²) in [6.45, 7) is 3.05. The number of carbonyl (C=O) groups is 2. The minimum Gasteiger partial charge on any atom is -0.476 e. The Balaban J connectivity index is 1.77. The third-order valence-corrected chi connectivity index (χ3v) is 3.38. The molecule has 132 valence electrons. The van der Waals surface area contributed by atoms with E-state index in [-0.39, 0.29) is 13.2 Å². The summed E-state index contributed by atoms with van der Waals surface area (Å²) >= 11 is 5.81. The first-order chi connectivity index (χ1) is 11.9. The lowest BCUT2D eigenvalue weighted by Crippen LogP contribution is -2.40. The van der Waals surface area contributed by atoms with E-state index in [9.17, 15) is 9.59 Å². The highest BCUT2D eigenvalue weighted by molar-refractivity contribution is 6.30. The van der Waals surface area contributed by atoms with Crippen molar-refractivity contribution in [2.45, 2.75) is 19.4 Å². The van der Waals surface area contributed by atoms with Crippen molar-refractivity contribution in [3.8, 4) is 5.75 Å². The molecule has 6 nitrogen and oxygen atoms in total. The second-order valence-electron chi connectivity index (χ2n) is 5.58. The predicted molar refractivity (Wildman–Crippen MR) is 91.6 cm³/mol. The second-order valence-corrected chi connectivity index (χ2v) is 6.02. The number of nitrogens with zero attached hydrogens (tertiary/aromatic N) is 1. The van der Waals surface area contributed by atoms with Crippen molar-refractivity contribution in [2.24, 2.45) is 0 Å². The molecule has 1 heterocycles. The van der Waals surface area contributed by atoms with Gasteiger partial charge < -0.3 is 14.2 Å². The van der Waals surface area contributed by atoms with Crippen LogP contribution < -0.4 is 4.74 Å². The van der Waals surface area contributed by atoms with Gasteiger partial charge in [0.1, 0.15) is 19.0 Å². The van der Waals surface area contributed by atoms with Gasteiger partial charge in [0.2, 0.25) is 0 Å². The Labute approximate surface area is 150 Å². The van der Waals surface area contributed by atoms with E-state index < -0.39 is 17.5 Å². The highest BCUT2D eigenvalue weighted by atomic mass is 35.5. The van der Waals surface area contributed by atoms with E-state index in [0.717, 1.165) is 0 Å². The van der Waals surface area contributed by atoms with Gasteiger partial charge in [-0.2, -0.15) is 0 Å². The molecule has 0 fully saturated rings. The molecule has 2 rings (SSSR count). The Morgan fingerprint density at radius 3 is 2.40 bits per heavy atom. The summed E-state index contributed by atoms with van der Waals surface area (Å²) in [5, 5.41) is 0.572. The molecule has 0 aliphatic heterocycles. The topological polar surface area (TPSA) is 74.7 Å². The molecule has 0 N–H and O–H groups in total. The van der Waals surface area contributed by atoms with Crippen LogP contribution >= 0.6 is 11.6 Å². The van der Waals surface area contributed by atoms with Crippen molar-refractivity contribution >= 4 is 23.5 Å². The summed E-state index contributed by atoms with van der Waals surface area (Å²) in [4.78, 5) is 27.7. The normalized spacial score (nSPS) is 10.8. The van der Waals surface area contributed by atoms with Crippen molar-refractivity contribution in [2.75, 3.05) is 13.2 Å². The van der Waals surface area contributed by atoms with Crippen LogP contribution in [0.2, 0.25) is 5.02 Å². The van der Waals surface area contributed by atoms with E-state index >= 15 is 0 Å². The summed E-state index contributed by atoms with van der Waals surface area (Å²) in [7, 11) is 0. The van der Waals surface area contributed by atoms with Gasteiger partial charge in [0.05, 0.1) is 5.56 Å². The smallest absolute Gasteiger partial charge is 0.350 e. The fourth-order valence-corrected chi connectivity index (χ4v) is 1.97. The van der Waals surface area contributed by atoms with Crippen molar-refractivity contribution in [1.82, 2.24) is 4.98 Å². The number of aromatic nitrogens is 1. The summed E-state index contributed by atoms with van der Waals surface area (Å²) in [5.74, 6) is -0.602. The van der Waals surface area contributed by atoms with Crippen LogP contribution in [0, 0.1) is 0 Å². The number of ether oxygens (including phenoxy) is 3. The maximum Gasteiger partial charge on any atom is 0.350 e. The van der Waals surface area contributed by atoms with Gasteiger partial charge in [0.25, 0.3) is 0 Å². The largest absolute Gasteiger partial charge is 0.476 e. The third-order valence-electron chi connectivity index (χ3n) is 3.13. The van der Waals surface area contributed by atoms with Crippen LogP contribution in [0.15, 0.2) is 48.8 Å². The van der Waals surface area contributed by atoms with Crippen LogP contribution in [0.1, 0.15) is 24.2 Å². The van der Waals surface area contributed by atoms with Crippen molar-refractivity contribution < 1.29 is 23.8 Å². The number of hydrogen-bond acceptors (Lipinski definition) is 6. The number of pyridine rings is 1. The fourth-order valence-electron chi connectivity index (χ4n) is 1.85. The molecule has 0 radical (unpaired) electrons. The molecule has 0 aliphatic rings. The molecule has 0 saturated heterocycles. The SMILES string of the molecule is CC(C)(Oc1ccc(Cl)cc1)C(=O)OCCOC(=O)c1cccnc1. The zero-order chi connectivity index (χ0) is 18.3. The summed E-state index contributed by atoms with van der Waals surface area (Å²) in [5.41, 5.74) is -0.860. The summed E-state index contributed by atoms with van der Waals surface area (Å²) < 4.78 is 15.7. The Kier molecular flexibility index (Phi) is 6.36. The van der Waals surface area contributed by atoms with Crippen molar-refractivity contribution in [1.29, 1.82) is 0 Å². The van der Waals surface area contributed by atoms with Crippen LogP contribution in [-0.2, 0) is 14.3 Å². The van der Waals surface area contributed by atoms with Gasteiger partial charge in [0.15, 0.2) is 5.60 Å². The molecule has 0 unspecified atom stereocenters. The van der Waals surface area contributed by atoms with Gasteiger partial charge in [0, 0.05) is 17.4 Å². The third kappa shape index (κ3) is 5.76. The molecule has 25 heavy (non-hydrogen) atoms. The standard InChI is InChI=1S/C18H18ClNO5/c1-18(2,25-15-7-5-14(19)6-8-15)17(22)24-11-10-23-16(21)13-4-3-9-20-12-13/h3-9,12H,10-11H2,1-2H3. The molecule has 0 amide bonds. The lowest BCUT2D eigenvalue weighted by molar-refractivity contribution is -0.160. The Morgan fingerprint density at radius 2 is 1.76 bits per heavy atom. The summed E-state index contributed by atoms with van der Waals surface area (Å²) in [6, 6.07) is 9.87. The molecule has 1 aromatic heterocycles. The number of carbonyl (C=O) groups excluding carboxylic acids is 2. The van der Waals surface area contributed by atoms with Gasteiger partial charge in [-0.25, -0.2) is 9.59 Å². The van der Waals surface area contributed by atoms with E-state index in [1.54, 1.807) is 56.4 Å². The first-order valence-electron chi connectivity index (χ1n) is 7.57. The molecule has 0 bridgehead atoms. The highest BCUT2D eigenvalue weighted by Gasteiger charge is 2.31. The van der Waals surface area contributed by atoms with E-state index in [2.05, 4.69) is 4.98 Å². The number of rotatable bonds is 7. The Hall–Kier alpha value is -2.60. The molecule has 0 saturated carbocycles. The fraction of sp³-hybridized carbons (Fsp3) is 0.278. The highest BCUT2D eigenvalue weighted by Crippen LogP contribution is 2.21. The molecule has 1 aromatic carbocycles. The quantitative estimate of drug-likeness (QED) is 0.555. The average Bonchev–Trinajstić information content (AvgIpc) is 2.61. The molecule has 0 aliphatic carbocycles. The van der Waals surface area contributed by atoms with Crippen molar-refractivity contribution in [3.05, 3.63) is 59.4 Å². The minimum atomic E-state index is -1.19. The molecular weight excluding hydrogens is 346 g/mol. The van der Waals surface area contributed by atoms with Gasteiger partial charge in [-0.05, 0) is 50.2 Å². The number of hydrogen-bond donors (Lipinski definition) is 0. The Morgan fingerprint density at radius 1 is 1.08 bits per heavy atom. The van der Waals surface area contributed by atoms with Gasteiger partial charge >= 0.3 is 11.9 Å². The van der Waals surface area contributed by atoms with Crippen LogP contribution in [0.25, 0.3) is 0 Å². The van der Waals surface area contributed by atoms with Gasteiger partial charge in [-0.3, -0.25) is 4.98 Å². The zero-order valence-corrected chi connectivity index (χ0v) is 14.7. The van der Waals surface area contributed by atoms with Crippen LogP contribution in [0.3, 0.4) is 0 Å². The van der Waals surface area contributed by atoms with Crippen LogP contribution in [0.4, 0.5) is 0 Å². The van der Waals surface area contributed by atoms with Crippen molar-refractivity contribution in [3.63, 3.8) is 0 Å². The monoisotopic (exact) mass is 363 g/mol. The molecular formula is C18H18ClNO5. The molecule has 2 aromatic rings. The second kappa shape index (κ2) is 8.48. The maximum atomic E-state index is 12.1. The lowest BCUT2D eigenvalue weighted by atomic mass is 10.1. The zero-order valence-electron chi connectivity index (χ0n) is 13.9. The Bertz CT molecular complexity index is 716. The number of halogens is 1. The molecule has 7 heteroatoms. The number of benzene rings is 1. The lowest BCUT2D eigenvalue weighted by Gasteiger charge is -2.24. The van der Waals surface area contributed by atoms with E-state index in [4.69, 9.17) is 25.8 Å². The molecule has 0 spiro atoms. The van der Waals surface area contributed by atoms with Gasteiger partial charge in [-0.1, -0.05) is 11.6 Å². The maximum absolute atomic E-state index is 12.1. The first-order valence-corrected chi connectivity index (χ1v) is 7.95.